The van der Waals surface area contributed by atoms with Crippen molar-refractivity contribution in [2.75, 3.05) is 0 Å². The van der Waals surface area contributed by atoms with E-state index in [4.69, 9.17) is 5.11 Å². The van der Waals surface area contributed by atoms with Crippen molar-refractivity contribution in [3.8, 4) is 0 Å². The van der Waals surface area contributed by atoms with Gasteiger partial charge >= 0.3 is 5.97 Å². The molecule has 7 heteroatoms. The van der Waals surface area contributed by atoms with Gasteiger partial charge in [-0.3, -0.25) is 4.79 Å². The molecule has 2 N–H and O–H groups in total. The van der Waals surface area contributed by atoms with Gasteiger partial charge in [-0.2, -0.15) is 0 Å². The van der Waals surface area contributed by atoms with E-state index in [1.165, 1.54) is 11.3 Å². The van der Waals surface area contributed by atoms with Crippen LogP contribution in [0.15, 0.2) is 16.3 Å². The normalized spacial score (nSPS) is 17.6. The molecule has 0 amide bonds. The van der Waals surface area contributed by atoms with Crippen LogP contribution < -0.4 is 4.72 Å². The van der Waals surface area contributed by atoms with Crippen molar-refractivity contribution in [3.63, 3.8) is 0 Å². The molecular weight excluding hydrogens is 274 g/mol. The fraction of sp³-hybridized carbons (Fsp3) is 0.545. The fourth-order valence-electron chi connectivity index (χ4n) is 1.81. The monoisotopic (exact) mass is 289 g/mol. The minimum atomic E-state index is -3.58. The van der Waals surface area contributed by atoms with E-state index in [-0.39, 0.29) is 16.5 Å². The van der Waals surface area contributed by atoms with Crippen molar-refractivity contribution in [2.45, 2.75) is 36.4 Å². The zero-order valence-electron chi connectivity index (χ0n) is 9.92. The van der Waals surface area contributed by atoms with Gasteiger partial charge in [-0.05, 0) is 37.8 Å². The molecule has 1 aromatic rings. The third-order valence-electron chi connectivity index (χ3n) is 2.87. The molecule has 1 atom stereocenters. The largest absolute Gasteiger partial charge is 0.481 e. The van der Waals surface area contributed by atoms with Crippen molar-refractivity contribution in [1.82, 2.24) is 4.72 Å². The van der Waals surface area contributed by atoms with Crippen LogP contribution in [0.3, 0.4) is 0 Å². The van der Waals surface area contributed by atoms with Crippen molar-refractivity contribution in [3.05, 3.63) is 17.0 Å². The Morgan fingerprint density at radius 1 is 1.56 bits per heavy atom. The zero-order valence-corrected chi connectivity index (χ0v) is 11.6. The zero-order chi connectivity index (χ0) is 13.3. The Bertz CT molecular complexity index is 545. The molecule has 100 valence electrons. The maximum atomic E-state index is 12.1. The highest BCUT2D eigenvalue weighted by Gasteiger charge is 2.35. The number of carbonyl (C=O) groups is 1. The quantitative estimate of drug-likeness (QED) is 0.833. The van der Waals surface area contributed by atoms with Gasteiger partial charge < -0.3 is 5.11 Å². The first-order chi connectivity index (χ1) is 8.38. The molecule has 2 rings (SSSR count). The van der Waals surface area contributed by atoms with Gasteiger partial charge in [0.15, 0.2) is 0 Å². The van der Waals surface area contributed by atoms with E-state index < -0.39 is 22.0 Å². The molecule has 1 aromatic heterocycles. The van der Waals surface area contributed by atoms with Gasteiger partial charge in [0.25, 0.3) is 0 Å². The molecule has 0 bridgehead atoms. The number of hydrogen-bond donors (Lipinski definition) is 2. The fourth-order valence-corrected chi connectivity index (χ4v) is 4.41. The Morgan fingerprint density at radius 3 is 2.67 bits per heavy atom. The summed E-state index contributed by atoms with van der Waals surface area (Å²) in [6.45, 7) is 1.83. The summed E-state index contributed by atoms with van der Waals surface area (Å²) >= 11 is 1.19. The van der Waals surface area contributed by atoms with Crippen LogP contribution in [-0.4, -0.2) is 25.5 Å². The molecule has 1 fully saturated rings. The first-order valence-corrected chi connectivity index (χ1v) is 7.99. The predicted molar refractivity (Wildman–Crippen MR) is 68.1 cm³/mol. The lowest BCUT2D eigenvalue weighted by Gasteiger charge is -2.15. The third-order valence-corrected chi connectivity index (χ3v) is 5.86. The van der Waals surface area contributed by atoms with Crippen LogP contribution >= 0.6 is 11.3 Å². The highest BCUT2D eigenvalue weighted by Crippen LogP contribution is 2.35. The summed E-state index contributed by atoms with van der Waals surface area (Å²) < 4.78 is 26.9. The Labute approximate surface area is 110 Å². The molecule has 0 radical (unpaired) electrons. The number of nitrogens with one attached hydrogen (secondary N) is 1. The van der Waals surface area contributed by atoms with Gasteiger partial charge in [0.05, 0.1) is 6.42 Å². The minimum Gasteiger partial charge on any atom is -0.481 e. The second kappa shape index (κ2) is 4.99. The van der Waals surface area contributed by atoms with Crippen LogP contribution in [0.5, 0.6) is 0 Å². The molecule has 0 saturated heterocycles. The topological polar surface area (TPSA) is 83.5 Å². The summed E-state index contributed by atoms with van der Waals surface area (Å²) in [6, 6.07) is 2.80. The van der Waals surface area contributed by atoms with E-state index >= 15 is 0 Å². The van der Waals surface area contributed by atoms with E-state index in [1.807, 2.05) is 6.92 Å². The summed E-state index contributed by atoms with van der Waals surface area (Å²) in [6.07, 6.45) is 1.63. The molecule has 5 nitrogen and oxygen atoms in total. The molecule has 1 saturated carbocycles. The Morgan fingerprint density at radius 2 is 2.22 bits per heavy atom. The second-order valence-corrected chi connectivity index (χ2v) is 7.76. The molecular formula is C11H15NO4S2. The van der Waals surface area contributed by atoms with E-state index in [2.05, 4.69) is 4.72 Å². The lowest BCUT2D eigenvalue weighted by atomic mass is 10.1. The number of rotatable bonds is 6. The molecule has 0 spiro atoms. The number of carboxylic acids is 1. The van der Waals surface area contributed by atoms with Gasteiger partial charge in [0, 0.05) is 10.9 Å². The number of hydrogen-bond acceptors (Lipinski definition) is 4. The van der Waals surface area contributed by atoms with Gasteiger partial charge in [-0.15, -0.1) is 11.3 Å². The SMILES string of the molecule is Cc1ccc(S(=O)(=O)NC(CC(=O)O)C2CC2)s1. The van der Waals surface area contributed by atoms with Crippen LogP contribution in [-0.2, 0) is 14.8 Å². The van der Waals surface area contributed by atoms with E-state index in [0.29, 0.717) is 0 Å². The van der Waals surface area contributed by atoms with Crippen LogP contribution in [0, 0.1) is 12.8 Å². The molecule has 1 aliphatic rings. The van der Waals surface area contributed by atoms with Crippen molar-refractivity contribution < 1.29 is 18.3 Å². The highest BCUT2D eigenvalue weighted by atomic mass is 32.2. The first kappa shape index (κ1) is 13.5. The van der Waals surface area contributed by atoms with Gasteiger partial charge in [0.1, 0.15) is 4.21 Å². The maximum absolute atomic E-state index is 12.1. The van der Waals surface area contributed by atoms with Gasteiger partial charge in [-0.1, -0.05) is 0 Å². The van der Waals surface area contributed by atoms with Gasteiger partial charge in [-0.25, -0.2) is 13.1 Å². The number of aliphatic carboxylic acids is 1. The number of sulfonamides is 1. The van der Waals surface area contributed by atoms with Crippen LogP contribution in [0.1, 0.15) is 24.1 Å². The summed E-state index contributed by atoms with van der Waals surface area (Å²) in [4.78, 5) is 11.6. The number of carboxylic acid groups (broad SMARTS) is 1. The average molecular weight is 289 g/mol. The Hall–Kier alpha value is -0.920. The minimum absolute atomic E-state index is 0.158. The van der Waals surface area contributed by atoms with Crippen molar-refractivity contribution >= 4 is 27.3 Å². The average Bonchev–Trinajstić information content (AvgIpc) is 2.99. The molecule has 1 unspecified atom stereocenters. The lowest BCUT2D eigenvalue weighted by Crippen LogP contribution is -2.37. The summed E-state index contributed by atoms with van der Waals surface area (Å²) in [7, 11) is -3.58. The lowest BCUT2D eigenvalue weighted by molar-refractivity contribution is -0.137. The van der Waals surface area contributed by atoms with Gasteiger partial charge in [0.2, 0.25) is 10.0 Å². The summed E-state index contributed by atoms with van der Waals surface area (Å²) in [5, 5.41) is 8.80. The van der Waals surface area contributed by atoms with Crippen molar-refractivity contribution in [1.29, 1.82) is 0 Å². The van der Waals surface area contributed by atoms with E-state index in [9.17, 15) is 13.2 Å². The Balaban J connectivity index is 2.12. The number of thiophene rings is 1. The Kier molecular flexibility index (Phi) is 3.74. The molecule has 1 heterocycles. The molecule has 0 aliphatic heterocycles. The van der Waals surface area contributed by atoms with E-state index in [0.717, 1.165) is 17.7 Å². The second-order valence-electron chi connectivity index (χ2n) is 4.53. The summed E-state index contributed by atoms with van der Waals surface area (Å²) in [5.74, 6) is -0.811. The highest BCUT2D eigenvalue weighted by molar-refractivity contribution is 7.91. The third kappa shape index (κ3) is 3.30. The molecule has 18 heavy (non-hydrogen) atoms. The molecule has 0 aromatic carbocycles. The smallest absolute Gasteiger partial charge is 0.304 e. The molecule has 1 aliphatic carbocycles. The summed E-state index contributed by atoms with van der Waals surface area (Å²) in [5.41, 5.74) is 0. The first-order valence-electron chi connectivity index (χ1n) is 5.69. The van der Waals surface area contributed by atoms with Crippen LogP contribution in [0.4, 0.5) is 0 Å². The van der Waals surface area contributed by atoms with Crippen LogP contribution in [0.25, 0.3) is 0 Å². The van der Waals surface area contributed by atoms with Crippen molar-refractivity contribution in [2.24, 2.45) is 5.92 Å². The van der Waals surface area contributed by atoms with E-state index in [1.54, 1.807) is 12.1 Å². The predicted octanol–water partition coefficient (Wildman–Crippen LogP) is 1.59. The van der Waals surface area contributed by atoms with Crippen LogP contribution in [0.2, 0.25) is 0 Å². The standard InChI is InChI=1S/C11H15NO4S2/c1-7-2-5-11(17-7)18(15,16)12-9(6-10(13)14)8-3-4-8/h2,5,8-9,12H,3-4,6H2,1H3,(H,13,14). The maximum Gasteiger partial charge on any atom is 0.304 e. The number of aryl methyl sites for hydroxylation is 1.